The van der Waals surface area contributed by atoms with Crippen LogP contribution in [0.4, 0.5) is 0 Å². The summed E-state index contributed by atoms with van der Waals surface area (Å²) in [4.78, 5) is 10.8. The molecule has 0 bridgehead atoms. The van der Waals surface area contributed by atoms with Crippen LogP contribution in [0.5, 0.6) is 5.75 Å². The lowest BCUT2D eigenvalue weighted by Gasteiger charge is -2.27. The van der Waals surface area contributed by atoms with E-state index in [-0.39, 0.29) is 5.75 Å². The van der Waals surface area contributed by atoms with Gasteiger partial charge in [-0.25, -0.2) is 0 Å². The van der Waals surface area contributed by atoms with Crippen molar-refractivity contribution >= 4 is 5.97 Å². The lowest BCUT2D eigenvalue weighted by molar-refractivity contribution is -0.138. The Kier molecular flexibility index (Phi) is 2.76. The van der Waals surface area contributed by atoms with E-state index in [0.29, 0.717) is 0 Å². The SMILES string of the molecule is CC1(c2ccccc2O)C=CC(C(=O)O)C=C1. The van der Waals surface area contributed by atoms with Crippen LogP contribution in [0.1, 0.15) is 12.5 Å². The summed E-state index contributed by atoms with van der Waals surface area (Å²) < 4.78 is 0. The molecule has 0 radical (unpaired) electrons. The molecule has 88 valence electrons. The van der Waals surface area contributed by atoms with E-state index in [9.17, 15) is 9.90 Å². The maximum absolute atomic E-state index is 10.8. The van der Waals surface area contributed by atoms with Gasteiger partial charge in [0, 0.05) is 11.0 Å². The van der Waals surface area contributed by atoms with Crippen LogP contribution in [0.2, 0.25) is 0 Å². The Hall–Kier alpha value is -2.03. The van der Waals surface area contributed by atoms with Gasteiger partial charge in [-0.1, -0.05) is 42.5 Å². The van der Waals surface area contributed by atoms with Gasteiger partial charge in [0.05, 0.1) is 5.92 Å². The molecule has 0 amide bonds. The molecule has 0 atom stereocenters. The highest BCUT2D eigenvalue weighted by molar-refractivity contribution is 5.75. The summed E-state index contributed by atoms with van der Waals surface area (Å²) in [6.45, 7) is 1.94. The van der Waals surface area contributed by atoms with Gasteiger partial charge in [0.25, 0.3) is 0 Å². The van der Waals surface area contributed by atoms with Crippen LogP contribution in [0.25, 0.3) is 0 Å². The lowest BCUT2D eigenvalue weighted by Crippen LogP contribution is -2.22. The average molecular weight is 230 g/mol. The van der Waals surface area contributed by atoms with Gasteiger partial charge in [0.1, 0.15) is 5.75 Å². The number of para-hydroxylation sites is 1. The van der Waals surface area contributed by atoms with Gasteiger partial charge >= 0.3 is 5.97 Å². The number of allylic oxidation sites excluding steroid dienone is 2. The lowest BCUT2D eigenvalue weighted by atomic mass is 9.77. The van der Waals surface area contributed by atoms with Crippen molar-refractivity contribution in [2.75, 3.05) is 0 Å². The van der Waals surface area contributed by atoms with Crippen molar-refractivity contribution in [2.45, 2.75) is 12.3 Å². The van der Waals surface area contributed by atoms with Crippen LogP contribution < -0.4 is 0 Å². The molecule has 1 aliphatic carbocycles. The topological polar surface area (TPSA) is 57.5 Å². The molecule has 17 heavy (non-hydrogen) atoms. The second-order valence-electron chi connectivity index (χ2n) is 4.38. The number of carboxylic acids is 1. The summed E-state index contributed by atoms with van der Waals surface area (Å²) in [7, 11) is 0. The molecule has 3 heteroatoms. The zero-order valence-corrected chi connectivity index (χ0v) is 9.50. The van der Waals surface area contributed by atoms with Crippen LogP contribution in [0.3, 0.4) is 0 Å². The van der Waals surface area contributed by atoms with E-state index in [4.69, 9.17) is 5.11 Å². The van der Waals surface area contributed by atoms with Gasteiger partial charge in [-0.15, -0.1) is 0 Å². The molecule has 0 saturated carbocycles. The Morgan fingerprint density at radius 1 is 1.24 bits per heavy atom. The first-order valence-electron chi connectivity index (χ1n) is 5.43. The van der Waals surface area contributed by atoms with Crippen LogP contribution in [0.15, 0.2) is 48.6 Å². The zero-order chi connectivity index (χ0) is 12.5. The molecular formula is C14H14O3. The van der Waals surface area contributed by atoms with Crippen LogP contribution in [-0.4, -0.2) is 16.2 Å². The highest BCUT2D eigenvalue weighted by Gasteiger charge is 2.27. The Balaban J connectivity index is 2.36. The van der Waals surface area contributed by atoms with Crippen LogP contribution in [-0.2, 0) is 10.2 Å². The second kappa shape index (κ2) is 4.09. The number of carboxylic acid groups (broad SMARTS) is 1. The number of phenols is 1. The maximum atomic E-state index is 10.8. The summed E-state index contributed by atoms with van der Waals surface area (Å²) in [5.74, 6) is -1.22. The van der Waals surface area contributed by atoms with E-state index in [1.807, 2.05) is 31.2 Å². The second-order valence-corrected chi connectivity index (χ2v) is 4.38. The zero-order valence-electron chi connectivity index (χ0n) is 9.50. The number of aromatic hydroxyl groups is 1. The Bertz CT molecular complexity index is 486. The smallest absolute Gasteiger partial charge is 0.314 e. The first-order valence-corrected chi connectivity index (χ1v) is 5.43. The van der Waals surface area contributed by atoms with Gasteiger partial charge < -0.3 is 10.2 Å². The van der Waals surface area contributed by atoms with Crippen molar-refractivity contribution in [2.24, 2.45) is 5.92 Å². The van der Waals surface area contributed by atoms with Crippen molar-refractivity contribution in [1.29, 1.82) is 0 Å². The molecule has 0 aromatic heterocycles. The molecule has 1 aliphatic rings. The van der Waals surface area contributed by atoms with Gasteiger partial charge in [0.2, 0.25) is 0 Å². The van der Waals surface area contributed by atoms with Crippen molar-refractivity contribution in [1.82, 2.24) is 0 Å². The number of carbonyl (C=O) groups is 1. The van der Waals surface area contributed by atoms with E-state index in [0.717, 1.165) is 5.56 Å². The fourth-order valence-electron chi connectivity index (χ4n) is 2.00. The minimum atomic E-state index is -0.864. The van der Waals surface area contributed by atoms with E-state index < -0.39 is 17.3 Å². The normalized spacial score (nSPS) is 27.0. The number of rotatable bonds is 2. The van der Waals surface area contributed by atoms with Gasteiger partial charge in [-0.05, 0) is 13.0 Å². The van der Waals surface area contributed by atoms with Gasteiger partial charge in [0.15, 0.2) is 0 Å². The molecule has 2 N–H and O–H groups in total. The van der Waals surface area contributed by atoms with Crippen molar-refractivity contribution in [3.05, 3.63) is 54.1 Å². The molecule has 0 saturated heterocycles. The van der Waals surface area contributed by atoms with E-state index >= 15 is 0 Å². The fourth-order valence-corrected chi connectivity index (χ4v) is 2.00. The molecule has 3 nitrogen and oxygen atoms in total. The number of phenolic OH excluding ortho intramolecular Hbond substituents is 1. The van der Waals surface area contributed by atoms with E-state index in [1.165, 1.54) is 0 Å². The monoisotopic (exact) mass is 230 g/mol. The maximum Gasteiger partial charge on any atom is 0.314 e. The number of hydrogen-bond acceptors (Lipinski definition) is 2. The molecular weight excluding hydrogens is 216 g/mol. The fraction of sp³-hybridized carbons (Fsp3) is 0.214. The first kappa shape index (κ1) is 11.5. The summed E-state index contributed by atoms with van der Waals surface area (Å²) in [6.07, 6.45) is 6.94. The van der Waals surface area contributed by atoms with Crippen molar-refractivity contribution in [3.63, 3.8) is 0 Å². The summed E-state index contributed by atoms with van der Waals surface area (Å²) in [6, 6.07) is 7.08. The first-order chi connectivity index (χ1) is 8.03. The molecule has 1 aromatic carbocycles. The molecule has 2 rings (SSSR count). The predicted octanol–water partition coefficient (Wildman–Crippen LogP) is 2.48. The molecule has 0 aliphatic heterocycles. The van der Waals surface area contributed by atoms with E-state index in [2.05, 4.69) is 0 Å². The van der Waals surface area contributed by atoms with E-state index in [1.54, 1.807) is 24.3 Å². The Morgan fingerprint density at radius 2 is 1.82 bits per heavy atom. The molecule has 0 spiro atoms. The number of hydrogen-bond donors (Lipinski definition) is 2. The third kappa shape index (κ3) is 2.09. The van der Waals surface area contributed by atoms with Gasteiger partial charge in [-0.2, -0.15) is 0 Å². The Morgan fingerprint density at radius 3 is 2.35 bits per heavy atom. The Labute approximate surface area is 99.7 Å². The number of aliphatic carboxylic acids is 1. The molecule has 1 aromatic rings. The number of benzene rings is 1. The summed E-state index contributed by atoms with van der Waals surface area (Å²) in [5, 5.41) is 18.7. The quantitative estimate of drug-likeness (QED) is 0.767. The summed E-state index contributed by atoms with van der Waals surface area (Å²) >= 11 is 0. The minimum absolute atomic E-state index is 0.220. The van der Waals surface area contributed by atoms with Crippen molar-refractivity contribution in [3.8, 4) is 5.75 Å². The average Bonchev–Trinajstić information content (AvgIpc) is 2.30. The largest absolute Gasteiger partial charge is 0.508 e. The van der Waals surface area contributed by atoms with Crippen LogP contribution in [0, 0.1) is 5.92 Å². The standard InChI is InChI=1S/C14H14O3/c1-14(11-4-2-3-5-12(11)15)8-6-10(7-9-14)13(16)17/h2-10,15H,1H3,(H,16,17). The van der Waals surface area contributed by atoms with Crippen LogP contribution >= 0.6 is 0 Å². The third-order valence-corrected chi connectivity index (χ3v) is 3.07. The molecule has 0 heterocycles. The summed E-state index contributed by atoms with van der Waals surface area (Å²) in [5.41, 5.74) is 0.327. The van der Waals surface area contributed by atoms with Crippen molar-refractivity contribution < 1.29 is 15.0 Å². The highest BCUT2D eigenvalue weighted by atomic mass is 16.4. The molecule has 0 unspecified atom stereocenters. The molecule has 0 fully saturated rings. The van der Waals surface area contributed by atoms with Gasteiger partial charge in [-0.3, -0.25) is 4.79 Å². The highest BCUT2D eigenvalue weighted by Crippen LogP contribution is 2.36. The third-order valence-electron chi connectivity index (χ3n) is 3.07. The predicted molar refractivity (Wildman–Crippen MR) is 64.9 cm³/mol. The minimum Gasteiger partial charge on any atom is -0.508 e.